The van der Waals surface area contributed by atoms with Gasteiger partial charge in [0.1, 0.15) is 23.2 Å². The Morgan fingerprint density at radius 1 is 1.23 bits per heavy atom. The van der Waals surface area contributed by atoms with Crippen LogP contribution in [0.15, 0.2) is 30.7 Å². The first kappa shape index (κ1) is 28.5. The molecule has 0 N–H and O–H groups in total. The zero-order valence-electron chi connectivity index (χ0n) is 21.7. The lowest BCUT2D eigenvalue weighted by Gasteiger charge is -2.33. The molecule has 0 unspecified atom stereocenters. The van der Waals surface area contributed by atoms with Crippen LogP contribution in [-0.4, -0.2) is 54.4 Å². The van der Waals surface area contributed by atoms with E-state index in [1.807, 2.05) is 20.8 Å². The van der Waals surface area contributed by atoms with E-state index in [4.69, 9.17) is 32.7 Å². The molecule has 3 heterocycles. The molecular weight excluding hydrogens is 554 g/mol. The van der Waals surface area contributed by atoms with Crippen LogP contribution >= 0.6 is 23.2 Å². The number of nitro groups is 1. The van der Waals surface area contributed by atoms with E-state index in [0.717, 1.165) is 6.07 Å². The van der Waals surface area contributed by atoms with Crippen LogP contribution in [0.1, 0.15) is 58.2 Å². The van der Waals surface area contributed by atoms with Gasteiger partial charge in [-0.2, -0.15) is 5.10 Å². The zero-order valence-corrected chi connectivity index (χ0v) is 23.2. The lowest BCUT2D eigenvalue weighted by molar-refractivity contribution is -0.391. The first-order chi connectivity index (χ1) is 18.3. The maximum Gasteiger partial charge on any atom is 0.426 e. The lowest BCUT2D eigenvalue weighted by atomic mass is 10.1. The number of ether oxygens (including phenoxy) is 2. The molecule has 14 heteroatoms. The second-order valence-corrected chi connectivity index (χ2v) is 10.9. The van der Waals surface area contributed by atoms with E-state index in [9.17, 15) is 19.3 Å². The molecule has 11 nitrogen and oxygen atoms in total. The SMILES string of the molecule is C[C@@H](Oc1nc(-c2cnn(C3CCN(C(=O)OC(C)(C)C)CC3)c2)cnc1[N+](=O)[O-])c1c(Cl)ccc(F)c1Cl. The Morgan fingerprint density at radius 3 is 2.56 bits per heavy atom. The number of nitrogens with zero attached hydrogens (tertiary/aromatic N) is 6. The van der Waals surface area contributed by atoms with E-state index in [1.54, 1.807) is 22.0 Å². The molecule has 0 spiro atoms. The fourth-order valence-electron chi connectivity index (χ4n) is 4.16. The number of hydrogen-bond donors (Lipinski definition) is 0. The average Bonchev–Trinajstić information content (AvgIpc) is 3.36. The predicted octanol–water partition coefficient (Wildman–Crippen LogP) is 6.41. The third kappa shape index (κ3) is 6.56. The zero-order chi connectivity index (χ0) is 28.5. The Bertz CT molecular complexity index is 1390. The molecule has 1 atom stereocenters. The van der Waals surface area contributed by atoms with E-state index in [0.29, 0.717) is 31.5 Å². The van der Waals surface area contributed by atoms with Crippen LogP contribution in [0.5, 0.6) is 5.88 Å². The Balaban J connectivity index is 1.52. The molecule has 1 aromatic carbocycles. The fraction of sp³-hybridized carbons (Fsp3) is 0.440. The number of piperidine rings is 1. The summed E-state index contributed by atoms with van der Waals surface area (Å²) in [6, 6.07) is 2.47. The first-order valence-electron chi connectivity index (χ1n) is 12.2. The highest BCUT2D eigenvalue weighted by atomic mass is 35.5. The van der Waals surface area contributed by atoms with Crippen molar-refractivity contribution in [1.29, 1.82) is 0 Å². The van der Waals surface area contributed by atoms with Gasteiger partial charge in [-0.25, -0.2) is 14.2 Å². The summed E-state index contributed by atoms with van der Waals surface area (Å²) >= 11 is 12.3. The molecule has 1 amide bonds. The molecule has 3 aromatic rings. The standard InChI is InChI=1S/C25H27Cl2FN6O5/c1-14(20-17(26)5-6-18(28)21(20)27)38-23-22(34(36)37)29-12-19(31-23)15-11-30-33(13-15)16-7-9-32(10-8-16)24(35)39-25(2,3)4/h5-6,11-14,16H,7-10H2,1-4H3/t14-/m1/s1. The summed E-state index contributed by atoms with van der Waals surface area (Å²) in [5, 5.41) is 15.9. The number of benzene rings is 1. The molecule has 0 radical (unpaired) electrons. The smallest absolute Gasteiger partial charge is 0.426 e. The van der Waals surface area contributed by atoms with Gasteiger partial charge in [0.15, 0.2) is 6.20 Å². The minimum Gasteiger partial charge on any atom is -0.464 e. The van der Waals surface area contributed by atoms with Crippen molar-refractivity contribution in [3.05, 3.63) is 62.3 Å². The van der Waals surface area contributed by atoms with Crippen LogP contribution in [0.3, 0.4) is 0 Å². The molecule has 4 rings (SSSR count). The highest BCUT2D eigenvalue weighted by Crippen LogP contribution is 2.37. The number of halogens is 3. The van der Waals surface area contributed by atoms with Gasteiger partial charge >= 0.3 is 17.8 Å². The van der Waals surface area contributed by atoms with Crippen LogP contribution in [-0.2, 0) is 4.74 Å². The number of likely N-dealkylation sites (tertiary alicyclic amines) is 1. The van der Waals surface area contributed by atoms with Crippen LogP contribution in [0.4, 0.5) is 15.0 Å². The summed E-state index contributed by atoms with van der Waals surface area (Å²) in [6.45, 7) is 8.04. The number of amides is 1. The van der Waals surface area contributed by atoms with Gasteiger partial charge in [0.25, 0.3) is 0 Å². The minimum absolute atomic E-state index is 0.0384. The third-order valence-corrected chi connectivity index (χ3v) is 6.77. The van der Waals surface area contributed by atoms with Gasteiger partial charge in [-0.1, -0.05) is 23.2 Å². The Labute approximate surface area is 234 Å². The number of carbonyl (C=O) groups excluding carboxylic acids is 1. The van der Waals surface area contributed by atoms with Crippen LogP contribution in [0, 0.1) is 15.9 Å². The van der Waals surface area contributed by atoms with Gasteiger partial charge in [0.05, 0.1) is 17.3 Å². The van der Waals surface area contributed by atoms with E-state index >= 15 is 0 Å². The Hall–Kier alpha value is -3.51. The van der Waals surface area contributed by atoms with E-state index in [1.165, 1.54) is 19.2 Å². The van der Waals surface area contributed by atoms with E-state index in [2.05, 4.69) is 15.1 Å². The molecule has 1 aliphatic rings. The van der Waals surface area contributed by atoms with E-state index < -0.39 is 28.3 Å². The summed E-state index contributed by atoms with van der Waals surface area (Å²) in [4.78, 5) is 33.1. The molecule has 0 bridgehead atoms. The summed E-state index contributed by atoms with van der Waals surface area (Å²) < 4.78 is 27.0. The van der Waals surface area contributed by atoms with Crippen molar-refractivity contribution in [2.75, 3.05) is 13.1 Å². The fourth-order valence-corrected chi connectivity index (χ4v) is 4.84. The normalized spacial score (nSPS) is 15.2. The second-order valence-electron chi connectivity index (χ2n) is 10.1. The van der Waals surface area contributed by atoms with Crippen molar-refractivity contribution in [1.82, 2.24) is 24.6 Å². The molecule has 1 aliphatic heterocycles. The van der Waals surface area contributed by atoms with Crippen molar-refractivity contribution in [2.24, 2.45) is 0 Å². The number of aromatic nitrogens is 4. The first-order valence-corrected chi connectivity index (χ1v) is 12.9. The van der Waals surface area contributed by atoms with Crippen LogP contribution < -0.4 is 4.74 Å². The topological polar surface area (TPSA) is 126 Å². The minimum atomic E-state index is -0.971. The maximum atomic E-state index is 14.0. The van der Waals surface area contributed by atoms with Gasteiger partial charge in [-0.3, -0.25) is 4.68 Å². The van der Waals surface area contributed by atoms with Gasteiger partial charge in [-0.05, 0) is 62.6 Å². The van der Waals surface area contributed by atoms with Gasteiger partial charge in [0.2, 0.25) is 0 Å². The molecule has 0 saturated carbocycles. The van der Waals surface area contributed by atoms with Crippen molar-refractivity contribution >= 4 is 35.1 Å². The summed E-state index contributed by atoms with van der Waals surface area (Å²) in [6.07, 6.45) is 4.62. The molecule has 39 heavy (non-hydrogen) atoms. The predicted molar refractivity (Wildman–Crippen MR) is 141 cm³/mol. The quantitative estimate of drug-likeness (QED) is 0.186. The highest BCUT2D eigenvalue weighted by molar-refractivity contribution is 6.36. The molecule has 208 valence electrons. The monoisotopic (exact) mass is 580 g/mol. The van der Waals surface area contributed by atoms with Crippen molar-refractivity contribution in [3.8, 4) is 17.1 Å². The molecule has 1 fully saturated rings. The molecular formula is C25H27Cl2FN6O5. The third-order valence-electron chi connectivity index (χ3n) is 6.06. The van der Waals surface area contributed by atoms with Gasteiger partial charge < -0.3 is 24.5 Å². The summed E-state index contributed by atoms with van der Waals surface area (Å²) in [5.41, 5.74) is 0.417. The Morgan fingerprint density at radius 2 is 1.92 bits per heavy atom. The van der Waals surface area contributed by atoms with Crippen molar-refractivity contribution in [2.45, 2.75) is 58.3 Å². The maximum absolute atomic E-state index is 14.0. The van der Waals surface area contributed by atoms with Gasteiger partial charge in [0, 0.05) is 35.4 Å². The summed E-state index contributed by atoms with van der Waals surface area (Å²) in [7, 11) is 0. The average molecular weight is 581 g/mol. The lowest BCUT2D eigenvalue weighted by Crippen LogP contribution is -2.42. The van der Waals surface area contributed by atoms with Gasteiger partial charge in [-0.15, -0.1) is 0 Å². The van der Waals surface area contributed by atoms with E-state index in [-0.39, 0.29) is 39.3 Å². The number of rotatable bonds is 6. The second kappa shape index (κ2) is 11.3. The Kier molecular flexibility index (Phi) is 8.26. The molecule has 1 saturated heterocycles. The summed E-state index contributed by atoms with van der Waals surface area (Å²) in [5.74, 6) is -1.69. The largest absolute Gasteiger partial charge is 0.464 e. The number of hydrogen-bond acceptors (Lipinski definition) is 8. The number of carbonyl (C=O) groups is 1. The van der Waals surface area contributed by atoms with Crippen LogP contribution in [0.25, 0.3) is 11.3 Å². The van der Waals surface area contributed by atoms with Crippen LogP contribution in [0.2, 0.25) is 10.0 Å². The molecule has 2 aromatic heterocycles. The molecule has 0 aliphatic carbocycles. The van der Waals surface area contributed by atoms with Crippen molar-refractivity contribution < 1.29 is 23.6 Å². The highest BCUT2D eigenvalue weighted by Gasteiger charge is 2.29. The van der Waals surface area contributed by atoms with Crippen molar-refractivity contribution in [3.63, 3.8) is 0 Å².